The molecule has 2 aliphatic heterocycles. The Morgan fingerprint density at radius 1 is 0.837 bits per heavy atom. The number of carbonyl (C=O) groups is 5. The molecule has 2 heterocycles. The Morgan fingerprint density at radius 3 is 2.24 bits per heavy atom. The number of anilines is 1. The van der Waals surface area contributed by atoms with E-state index < -0.39 is 0 Å². The largest absolute Gasteiger partial charge is 0.331 e. The molecule has 0 aromatic heterocycles. The molecule has 1 aromatic rings. The summed E-state index contributed by atoms with van der Waals surface area (Å²) in [4.78, 5) is 66.1. The highest BCUT2D eigenvalue weighted by atomic mass is 16.2. The monoisotopic (exact) mass is 669 g/mol. The molecule has 0 spiro atoms. The smallest absolute Gasteiger partial charge is 0.253 e. The van der Waals surface area contributed by atoms with Crippen molar-refractivity contribution in [2.75, 3.05) is 11.9 Å². The van der Waals surface area contributed by atoms with Crippen molar-refractivity contribution in [1.29, 1.82) is 0 Å². The summed E-state index contributed by atoms with van der Waals surface area (Å²) >= 11 is 0. The van der Waals surface area contributed by atoms with Gasteiger partial charge in [0.25, 0.3) is 11.8 Å². The Balaban J connectivity index is 1.03. The summed E-state index contributed by atoms with van der Waals surface area (Å²) in [5.41, 5.74) is 1.79. The minimum absolute atomic E-state index is 0.0204. The van der Waals surface area contributed by atoms with Crippen molar-refractivity contribution in [3.63, 3.8) is 0 Å². The highest BCUT2D eigenvalue weighted by Gasteiger charge is 2.61. The second-order valence-electron chi connectivity index (χ2n) is 17.2. The maximum absolute atomic E-state index is 13.5. The predicted molar refractivity (Wildman–Crippen MR) is 190 cm³/mol. The fourth-order valence-corrected chi connectivity index (χ4v) is 10.5. The molecule has 8 heteroatoms. The van der Waals surface area contributed by atoms with Crippen molar-refractivity contribution in [3.05, 3.63) is 54.1 Å². The molecule has 3 fully saturated rings. The Kier molecular flexibility index (Phi) is 9.82. The maximum atomic E-state index is 13.5. The van der Waals surface area contributed by atoms with E-state index in [4.69, 9.17) is 0 Å². The second-order valence-corrected chi connectivity index (χ2v) is 17.2. The van der Waals surface area contributed by atoms with Crippen LogP contribution in [0.5, 0.6) is 0 Å². The number of Topliss-reactive ketones (excluding diaryl/α,β-unsaturated/α-hetero) is 1. The molecule has 1 aromatic carbocycles. The molecule has 264 valence electrons. The van der Waals surface area contributed by atoms with Crippen LogP contribution in [-0.2, 0) is 30.5 Å². The van der Waals surface area contributed by atoms with Gasteiger partial charge in [0.2, 0.25) is 11.8 Å². The summed E-state index contributed by atoms with van der Waals surface area (Å²) in [6.45, 7) is 12.2. The van der Waals surface area contributed by atoms with Gasteiger partial charge in [-0.3, -0.25) is 28.9 Å². The van der Waals surface area contributed by atoms with Crippen LogP contribution in [0.15, 0.2) is 48.6 Å². The Morgan fingerprint density at radius 2 is 1.55 bits per heavy atom. The molecule has 5 aliphatic rings. The number of hydrogen-bond donors (Lipinski definition) is 1. The number of fused-ring (bicyclic) bond motifs is 5. The van der Waals surface area contributed by atoms with Crippen molar-refractivity contribution in [2.45, 2.75) is 118 Å². The maximum Gasteiger partial charge on any atom is 0.253 e. The zero-order valence-corrected chi connectivity index (χ0v) is 30.1. The summed E-state index contributed by atoms with van der Waals surface area (Å²) in [7, 11) is 0. The van der Waals surface area contributed by atoms with Crippen molar-refractivity contribution in [2.24, 2.45) is 39.9 Å². The number of benzene rings is 1. The van der Waals surface area contributed by atoms with Crippen molar-refractivity contribution >= 4 is 35.1 Å². The van der Waals surface area contributed by atoms with E-state index in [0.29, 0.717) is 62.3 Å². The van der Waals surface area contributed by atoms with Gasteiger partial charge in [0.05, 0.1) is 0 Å². The quantitative estimate of drug-likeness (QED) is 0.198. The van der Waals surface area contributed by atoms with E-state index in [1.165, 1.54) is 17.1 Å². The van der Waals surface area contributed by atoms with Crippen LogP contribution in [0.25, 0.3) is 0 Å². The van der Waals surface area contributed by atoms with Gasteiger partial charge in [-0.05, 0) is 104 Å². The van der Waals surface area contributed by atoms with Gasteiger partial charge in [0.15, 0.2) is 0 Å². The first-order valence-electron chi connectivity index (χ1n) is 18.6. The molecule has 3 aliphatic carbocycles. The van der Waals surface area contributed by atoms with Gasteiger partial charge in [-0.2, -0.15) is 0 Å². The first-order chi connectivity index (χ1) is 23.2. The molecular weight excluding hydrogens is 614 g/mol. The van der Waals surface area contributed by atoms with E-state index in [1.54, 1.807) is 0 Å². The lowest BCUT2D eigenvalue weighted by Gasteiger charge is -2.60. The van der Waals surface area contributed by atoms with Gasteiger partial charge in [-0.25, -0.2) is 0 Å². The van der Waals surface area contributed by atoms with Crippen LogP contribution in [0.3, 0.4) is 0 Å². The molecule has 1 N–H and O–H groups in total. The highest BCUT2D eigenvalue weighted by Crippen LogP contribution is 2.66. The third kappa shape index (κ3) is 7.07. The molecule has 3 saturated carbocycles. The summed E-state index contributed by atoms with van der Waals surface area (Å²) in [5, 5.41) is 2.97. The van der Waals surface area contributed by atoms with Crippen LogP contribution in [-0.4, -0.2) is 51.8 Å². The van der Waals surface area contributed by atoms with Gasteiger partial charge in [0.1, 0.15) is 5.78 Å². The van der Waals surface area contributed by atoms with Crippen LogP contribution in [0, 0.1) is 39.9 Å². The number of nitrogens with one attached hydrogen (secondary N) is 1. The molecule has 7 atom stereocenters. The lowest BCUT2D eigenvalue weighted by molar-refractivity contribution is -0.145. The van der Waals surface area contributed by atoms with Crippen LogP contribution in [0.1, 0.15) is 111 Å². The SMILES string of the molecule is CC(C)(C)CC(=O)[C@H]1CC[C@H]2[C@@H]3CC[C@H]4N(Cc5ccc(NC(=O)CCCCCN6C(=O)C=CC6=O)cc5)C(=O)C=C[C@]4(C)[C@H]3CC[C@]12C. The normalized spacial score (nSPS) is 32.3. The molecule has 0 bridgehead atoms. The third-order valence-corrected chi connectivity index (χ3v) is 12.8. The van der Waals surface area contributed by atoms with E-state index in [0.717, 1.165) is 56.2 Å². The number of rotatable bonds is 11. The lowest BCUT2D eigenvalue weighted by atomic mass is 9.47. The molecular formula is C41H55N3O5. The van der Waals surface area contributed by atoms with Gasteiger partial charge < -0.3 is 10.2 Å². The summed E-state index contributed by atoms with van der Waals surface area (Å²) in [5.74, 6) is 1.78. The van der Waals surface area contributed by atoms with Gasteiger partial charge >= 0.3 is 0 Å². The fraction of sp³-hybridized carbons (Fsp3) is 0.634. The van der Waals surface area contributed by atoms with Crippen molar-refractivity contribution < 1.29 is 24.0 Å². The zero-order chi connectivity index (χ0) is 35.1. The van der Waals surface area contributed by atoms with Gasteiger partial charge in [-0.15, -0.1) is 0 Å². The van der Waals surface area contributed by atoms with E-state index in [2.05, 4.69) is 50.9 Å². The van der Waals surface area contributed by atoms with E-state index in [1.807, 2.05) is 30.3 Å². The number of unbranched alkanes of at least 4 members (excludes halogenated alkanes) is 2. The van der Waals surface area contributed by atoms with E-state index in [-0.39, 0.29) is 51.8 Å². The minimum Gasteiger partial charge on any atom is -0.331 e. The van der Waals surface area contributed by atoms with Crippen LogP contribution < -0.4 is 5.32 Å². The average Bonchev–Trinajstić information content (AvgIpc) is 3.56. The van der Waals surface area contributed by atoms with Crippen LogP contribution in [0.4, 0.5) is 5.69 Å². The van der Waals surface area contributed by atoms with E-state index in [9.17, 15) is 24.0 Å². The number of nitrogens with zero attached hydrogens (tertiary/aromatic N) is 2. The Bertz CT molecular complexity index is 1520. The molecule has 49 heavy (non-hydrogen) atoms. The molecule has 8 nitrogen and oxygen atoms in total. The molecule has 0 radical (unpaired) electrons. The first-order valence-corrected chi connectivity index (χ1v) is 18.6. The standard InChI is InChI=1S/C41H55N3O5/c1-39(2,3)25-33(45)32-16-15-30-29-14-17-34-41(5,31(29)20-22-40(30,32)4)23-21-38(49)44(34)26-27-10-12-28(13-11-27)42-35(46)9-7-6-8-24-43-36(47)18-19-37(43)48/h10-13,18-19,21,23,29-32,34H,6-9,14-17,20,22,24-26H2,1-5H3,(H,42,46)/t29-,30-,31-,32+,34+,40-,41+/m0/s1. The number of carbonyl (C=O) groups excluding carboxylic acids is 5. The second kappa shape index (κ2) is 13.6. The Labute approximate surface area is 292 Å². The lowest BCUT2D eigenvalue weighted by Crippen LogP contribution is -2.60. The number of amides is 4. The molecule has 4 amide bonds. The number of ketones is 1. The summed E-state index contributed by atoms with van der Waals surface area (Å²) in [6, 6.07) is 7.96. The molecule has 0 saturated heterocycles. The molecule has 6 rings (SSSR count). The van der Waals surface area contributed by atoms with Crippen molar-refractivity contribution in [3.8, 4) is 0 Å². The third-order valence-electron chi connectivity index (χ3n) is 12.8. The van der Waals surface area contributed by atoms with Gasteiger partial charge in [-0.1, -0.05) is 59.2 Å². The average molecular weight is 670 g/mol. The van der Waals surface area contributed by atoms with Gasteiger partial charge in [0, 0.05) is 61.1 Å². The first kappa shape index (κ1) is 35.3. The van der Waals surface area contributed by atoms with Crippen LogP contribution >= 0.6 is 0 Å². The Hall–Kier alpha value is -3.55. The molecule has 0 unspecified atom stereocenters. The van der Waals surface area contributed by atoms with E-state index >= 15 is 0 Å². The van der Waals surface area contributed by atoms with Crippen LogP contribution in [0.2, 0.25) is 0 Å². The fourth-order valence-electron chi connectivity index (χ4n) is 10.5. The highest BCUT2D eigenvalue weighted by molar-refractivity contribution is 6.12. The number of hydrogen-bond acceptors (Lipinski definition) is 5. The van der Waals surface area contributed by atoms with Crippen molar-refractivity contribution in [1.82, 2.24) is 9.80 Å². The summed E-state index contributed by atoms with van der Waals surface area (Å²) < 4.78 is 0. The summed E-state index contributed by atoms with van der Waals surface area (Å²) in [6.07, 6.45) is 16.2. The number of imide groups is 1. The minimum atomic E-state index is -0.269. The topological polar surface area (TPSA) is 104 Å². The predicted octanol–water partition coefficient (Wildman–Crippen LogP) is 7.24. The zero-order valence-electron chi connectivity index (χ0n) is 30.1.